The van der Waals surface area contributed by atoms with Crippen LogP contribution >= 0.6 is 15.9 Å². The molecule has 66 valence electrons. The van der Waals surface area contributed by atoms with Gasteiger partial charge in [0.1, 0.15) is 0 Å². The van der Waals surface area contributed by atoms with Gasteiger partial charge in [-0.25, -0.2) is 0 Å². The van der Waals surface area contributed by atoms with E-state index in [1.54, 1.807) is 0 Å². The summed E-state index contributed by atoms with van der Waals surface area (Å²) in [6.07, 6.45) is 0. The van der Waals surface area contributed by atoms with Crippen molar-refractivity contribution in [3.8, 4) is 0 Å². The first-order valence-corrected chi connectivity index (χ1v) is 4.78. The molecule has 0 atom stereocenters. The Kier molecular flexibility index (Phi) is 3.56. The SMILES string of the molecule is CCNCc1ccc(Br)cc1N. The molecule has 1 aromatic carbocycles. The Hall–Kier alpha value is -0.540. The van der Waals surface area contributed by atoms with Gasteiger partial charge in [-0.3, -0.25) is 0 Å². The summed E-state index contributed by atoms with van der Waals surface area (Å²) in [6, 6.07) is 5.96. The van der Waals surface area contributed by atoms with Gasteiger partial charge in [0, 0.05) is 16.7 Å². The van der Waals surface area contributed by atoms with E-state index in [4.69, 9.17) is 5.73 Å². The van der Waals surface area contributed by atoms with E-state index in [9.17, 15) is 0 Å². The van der Waals surface area contributed by atoms with Gasteiger partial charge in [0.2, 0.25) is 0 Å². The van der Waals surface area contributed by atoms with Crippen LogP contribution in [0.15, 0.2) is 22.7 Å². The van der Waals surface area contributed by atoms with Crippen LogP contribution in [0.5, 0.6) is 0 Å². The molecule has 0 fully saturated rings. The van der Waals surface area contributed by atoms with Crippen LogP contribution in [0.2, 0.25) is 0 Å². The summed E-state index contributed by atoms with van der Waals surface area (Å²) in [4.78, 5) is 0. The van der Waals surface area contributed by atoms with E-state index in [1.807, 2.05) is 18.2 Å². The van der Waals surface area contributed by atoms with Gasteiger partial charge in [-0.1, -0.05) is 28.9 Å². The van der Waals surface area contributed by atoms with Crippen molar-refractivity contribution in [1.82, 2.24) is 5.32 Å². The van der Waals surface area contributed by atoms with E-state index in [1.165, 1.54) is 0 Å². The number of hydrogen-bond donors (Lipinski definition) is 2. The Morgan fingerprint density at radius 1 is 1.50 bits per heavy atom. The van der Waals surface area contributed by atoms with Crippen LogP contribution in [0, 0.1) is 0 Å². The van der Waals surface area contributed by atoms with Crippen molar-refractivity contribution in [2.45, 2.75) is 13.5 Å². The van der Waals surface area contributed by atoms with Crippen LogP contribution in [0.25, 0.3) is 0 Å². The molecular formula is C9H13BrN2. The molecule has 0 spiro atoms. The van der Waals surface area contributed by atoms with Crippen molar-refractivity contribution in [1.29, 1.82) is 0 Å². The van der Waals surface area contributed by atoms with Crippen LogP contribution in [0.1, 0.15) is 12.5 Å². The summed E-state index contributed by atoms with van der Waals surface area (Å²) < 4.78 is 1.03. The molecule has 2 nitrogen and oxygen atoms in total. The minimum atomic E-state index is 0.838. The first-order valence-electron chi connectivity index (χ1n) is 3.98. The lowest BCUT2D eigenvalue weighted by atomic mass is 10.2. The number of benzene rings is 1. The molecule has 0 unspecified atom stereocenters. The van der Waals surface area contributed by atoms with E-state index in [0.29, 0.717) is 0 Å². The molecule has 0 bridgehead atoms. The maximum atomic E-state index is 5.79. The first kappa shape index (κ1) is 9.55. The number of nitrogen functional groups attached to an aromatic ring is 1. The lowest BCUT2D eigenvalue weighted by Crippen LogP contribution is -2.12. The average molecular weight is 229 g/mol. The van der Waals surface area contributed by atoms with Gasteiger partial charge in [0.25, 0.3) is 0 Å². The third-order valence-corrected chi connectivity index (χ3v) is 2.17. The van der Waals surface area contributed by atoms with Crippen LogP contribution in [0.3, 0.4) is 0 Å². The highest BCUT2D eigenvalue weighted by atomic mass is 79.9. The topological polar surface area (TPSA) is 38.0 Å². The molecule has 1 rings (SSSR count). The van der Waals surface area contributed by atoms with Gasteiger partial charge in [0.05, 0.1) is 0 Å². The molecule has 3 heteroatoms. The molecule has 0 aliphatic carbocycles. The maximum Gasteiger partial charge on any atom is 0.0370 e. The Bertz CT molecular complexity index is 261. The number of halogens is 1. The minimum absolute atomic E-state index is 0.838. The molecule has 0 aromatic heterocycles. The highest BCUT2D eigenvalue weighted by Gasteiger charge is 1.97. The fraction of sp³-hybridized carbons (Fsp3) is 0.333. The van der Waals surface area contributed by atoms with Crippen molar-refractivity contribution in [2.24, 2.45) is 0 Å². The summed E-state index contributed by atoms with van der Waals surface area (Å²) in [6.45, 7) is 3.89. The summed E-state index contributed by atoms with van der Waals surface area (Å²) in [7, 11) is 0. The van der Waals surface area contributed by atoms with Crippen molar-refractivity contribution in [3.63, 3.8) is 0 Å². The van der Waals surface area contributed by atoms with Crippen LogP contribution in [-0.4, -0.2) is 6.54 Å². The molecule has 0 heterocycles. The lowest BCUT2D eigenvalue weighted by molar-refractivity contribution is 0.728. The Morgan fingerprint density at radius 3 is 2.83 bits per heavy atom. The zero-order valence-electron chi connectivity index (χ0n) is 7.10. The summed E-state index contributed by atoms with van der Waals surface area (Å²) >= 11 is 3.36. The Balaban J connectivity index is 2.72. The fourth-order valence-electron chi connectivity index (χ4n) is 0.986. The quantitative estimate of drug-likeness (QED) is 0.779. The number of nitrogens with one attached hydrogen (secondary N) is 1. The molecule has 0 aliphatic rings. The van der Waals surface area contributed by atoms with Gasteiger partial charge in [0.15, 0.2) is 0 Å². The molecule has 0 amide bonds. The highest BCUT2D eigenvalue weighted by molar-refractivity contribution is 9.10. The van der Waals surface area contributed by atoms with Gasteiger partial charge in [-0.15, -0.1) is 0 Å². The van der Waals surface area contributed by atoms with Gasteiger partial charge in [-0.05, 0) is 24.2 Å². The third-order valence-electron chi connectivity index (χ3n) is 1.67. The molecule has 3 N–H and O–H groups in total. The maximum absolute atomic E-state index is 5.79. The smallest absolute Gasteiger partial charge is 0.0370 e. The highest BCUT2D eigenvalue weighted by Crippen LogP contribution is 2.17. The van der Waals surface area contributed by atoms with Crippen molar-refractivity contribution < 1.29 is 0 Å². The number of anilines is 1. The van der Waals surface area contributed by atoms with E-state index in [2.05, 4.69) is 28.2 Å². The zero-order valence-corrected chi connectivity index (χ0v) is 8.69. The van der Waals surface area contributed by atoms with Gasteiger partial charge in [-0.2, -0.15) is 0 Å². The summed E-state index contributed by atoms with van der Waals surface area (Å²) in [5, 5.41) is 3.23. The number of nitrogens with two attached hydrogens (primary N) is 1. The molecule has 0 aliphatic heterocycles. The second kappa shape index (κ2) is 4.48. The summed E-state index contributed by atoms with van der Waals surface area (Å²) in [5.41, 5.74) is 7.78. The molecule has 0 saturated carbocycles. The first-order chi connectivity index (χ1) is 5.74. The zero-order chi connectivity index (χ0) is 8.97. The fourth-order valence-corrected chi connectivity index (χ4v) is 1.37. The standard InChI is InChI=1S/C9H13BrN2/c1-2-12-6-7-3-4-8(10)5-9(7)11/h3-5,12H,2,6,11H2,1H3. The second-order valence-corrected chi connectivity index (χ2v) is 3.54. The second-order valence-electron chi connectivity index (χ2n) is 2.62. The molecule has 1 aromatic rings. The van der Waals surface area contributed by atoms with E-state index >= 15 is 0 Å². The van der Waals surface area contributed by atoms with Crippen LogP contribution in [0.4, 0.5) is 5.69 Å². The average Bonchev–Trinajstić information content (AvgIpc) is 2.03. The van der Waals surface area contributed by atoms with E-state index in [0.717, 1.165) is 28.8 Å². The molecular weight excluding hydrogens is 216 g/mol. The van der Waals surface area contributed by atoms with E-state index < -0.39 is 0 Å². The Labute approximate surface area is 81.3 Å². The minimum Gasteiger partial charge on any atom is -0.398 e. The number of hydrogen-bond acceptors (Lipinski definition) is 2. The van der Waals surface area contributed by atoms with Crippen molar-refractivity contribution in [3.05, 3.63) is 28.2 Å². The van der Waals surface area contributed by atoms with Crippen molar-refractivity contribution >= 4 is 21.6 Å². The van der Waals surface area contributed by atoms with Gasteiger partial charge < -0.3 is 11.1 Å². The number of rotatable bonds is 3. The van der Waals surface area contributed by atoms with E-state index in [-0.39, 0.29) is 0 Å². The Morgan fingerprint density at radius 2 is 2.25 bits per heavy atom. The predicted octanol–water partition coefficient (Wildman–Crippen LogP) is 2.14. The molecule has 0 saturated heterocycles. The van der Waals surface area contributed by atoms with Crippen LogP contribution in [-0.2, 0) is 6.54 Å². The van der Waals surface area contributed by atoms with Crippen molar-refractivity contribution in [2.75, 3.05) is 12.3 Å². The third kappa shape index (κ3) is 2.50. The van der Waals surface area contributed by atoms with Gasteiger partial charge >= 0.3 is 0 Å². The molecule has 0 radical (unpaired) electrons. The normalized spacial score (nSPS) is 10.2. The lowest BCUT2D eigenvalue weighted by Gasteiger charge is -2.05. The predicted molar refractivity (Wildman–Crippen MR) is 55.9 cm³/mol. The monoisotopic (exact) mass is 228 g/mol. The summed E-state index contributed by atoms with van der Waals surface area (Å²) in [5.74, 6) is 0. The van der Waals surface area contributed by atoms with Crippen LogP contribution < -0.4 is 11.1 Å². The largest absolute Gasteiger partial charge is 0.398 e. The molecule has 12 heavy (non-hydrogen) atoms.